The summed E-state index contributed by atoms with van der Waals surface area (Å²) in [6, 6.07) is 0. The second kappa shape index (κ2) is 6.50. The fourth-order valence-electron chi connectivity index (χ4n) is 0.210. The average molecular weight is 187 g/mol. The third kappa shape index (κ3) is 9.79. The van der Waals surface area contributed by atoms with Crippen molar-refractivity contribution < 1.29 is 21.9 Å². The summed E-state index contributed by atoms with van der Waals surface area (Å²) in [5.41, 5.74) is 4.50. The predicted octanol–water partition coefficient (Wildman–Crippen LogP) is -1.19. The van der Waals surface area contributed by atoms with Gasteiger partial charge in [-0.05, 0) is 14.0 Å². The molecule has 11 heavy (non-hydrogen) atoms. The van der Waals surface area contributed by atoms with Gasteiger partial charge in [-0.3, -0.25) is 4.18 Å². The van der Waals surface area contributed by atoms with Gasteiger partial charge in [0, 0.05) is 0 Å². The number of aliphatic hydroxyl groups excluding tert-OH is 1. The average Bonchev–Trinajstić information content (AvgIpc) is 1.90. The first kappa shape index (κ1) is 13.4. The van der Waals surface area contributed by atoms with Crippen molar-refractivity contribution in [1.82, 2.24) is 0 Å². The van der Waals surface area contributed by atoms with Crippen molar-refractivity contribution in [2.45, 2.75) is 13.2 Å². The third-order valence-corrected chi connectivity index (χ3v) is 1.38. The summed E-state index contributed by atoms with van der Waals surface area (Å²) in [4.78, 5) is 0. The Morgan fingerprint density at radius 2 is 1.82 bits per heavy atom. The van der Waals surface area contributed by atoms with Gasteiger partial charge in [-0.1, -0.05) is 0 Å². The number of hydrogen-bond donors (Lipinski definition) is 2. The minimum absolute atomic E-state index is 0.942. The second-order valence-corrected chi connectivity index (χ2v) is 2.61. The summed E-state index contributed by atoms with van der Waals surface area (Å²) in [6.45, 7) is 1.16. The first-order chi connectivity index (χ1) is 4.98. The Morgan fingerprint density at radius 1 is 1.45 bits per heavy atom. The molecule has 0 aromatic heterocycles. The maximum atomic E-state index is 10.2. The monoisotopic (exact) mass is 187 g/mol. The molecule has 0 aromatic rings. The fourth-order valence-corrected chi connectivity index (χ4v) is 0.630. The number of nitrogens with two attached hydrogens (primary N) is 1. The lowest BCUT2D eigenvalue weighted by atomic mass is 10.8. The van der Waals surface area contributed by atoms with Gasteiger partial charge >= 0.3 is 10.4 Å². The summed E-state index contributed by atoms with van der Waals surface area (Å²) in [7, 11) is -1.53. The zero-order valence-corrected chi connectivity index (χ0v) is 7.46. The normalized spacial score (nSPS) is 13.2. The second-order valence-electron chi connectivity index (χ2n) is 1.27. The molecule has 0 aliphatic heterocycles. The van der Waals surface area contributed by atoms with Crippen LogP contribution in [0.4, 0.5) is 0 Å². The molecule has 0 saturated heterocycles. The summed E-state index contributed by atoms with van der Waals surface area (Å²) in [5.74, 6) is 0. The highest BCUT2D eigenvalue weighted by atomic mass is 32.3. The minimum atomic E-state index is -3.97. The zero-order valence-electron chi connectivity index (χ0n) is 6.64. The smallest absolute Gasteiger partial charge is 0.367 e. The lowest BCUT2D eigenvalue weighted by Gasteiger charge is -2.02. The molecule has 0 aliphatic carbocycles. The quantitative estimate of drug-likeness (QED) is 0.539. The minimum Gasteiger partial charge on any atom is -0.367 e. The van der Waals surface area contributed by atoms with E-state index >= 15 is 0 Å². The van der Waals surface area contributed by atoms with Crippen LogP contribution >= 0.6 is 0 Å². The highest BCUT2D eigenvalue weighted by Crippen LogP contribution is 1.95. The molecule has 6 nitrogen and oxygen atoms in total. The van der Waals surface area contributed by atoms with Crippen LogP contribution in [0.3, 0.4) is 0 Å². The molecule has 0 spiro atoms. The first-order valence-corrected chi connectivity index (χ1v) is 4.06. The Hall–Kier alpha value is -0.210. The zero-order chi connectivity index (χ0) is 9.49. The summed E-state index contributed by atoms with van der Waals surface area (Å²) < 4.78 is 28.1. The van der Waals surface area contributed by atoms with Crippen LogP contribution in [0.1, 0.15) is 6.92 Å². The van der Waals surface area contributed by atoms with Gasteiger partial charge in [-0.25, -0.2) is 4.18 Å². The fraction of sp³-hybridized carbons (Fsp3) is 1.00. The Labute approximate surface area is 66.2 Å². The lowest BCUT2D eigenvalue weighted by molar-refractivity contribution is -0.00532. The maximum absolute atomic E-state index is 10.2. The molecule has 1 unspecified atom stereocenters. The Balaban J connectivity index is 0. The molecule has 0 amide bonds. The summed E-state index contributed by atoms with van der Waals surface area (Å²) in [5, 5.41) is 8.34. The first-order valence-electron chi connectivity index (χ1n) is 2.72. The van der Waals surface area contributed by atoms with Crippen LogP contribution in [0.5, 0.6) is 0 Å². The van der Waals surface area contributed by atoms with Crippen molar-refractivity contribution in [3.63, 3.8) is 0 Å². The van der Waals surface area contributed by atoms with Gasteiger partial charge in [0.1, 0.15) is 0 Å². The molecule has 0 aliphatic rings. The van der Waals surface area contributed by atoms with Gasteiger partial charge in [0.15, 0.2) is 6.29 Å². The molecule has 0 heterocycles. The van der Waals surface area contributed by atoms with Crippen molar-refractivity contribution in [3.8, 4) is 0 Å². The van der Waals surface area contributed by atoms with E-state index < -0.39 is 16.7 Å². The number of rotatable bonds is 3. The van der Waals surface area contributed by atoms with Gasteiger partial charge < -0.3 is 10.8 Å². The van der Waals surface area contributed by atoms with Crippen LogP contribution in [0.15, 0.2) is 0 Å². The van der Waals surface area contributed by atoms with Crippen LogP contribution in [-0.4, -0.2) is 34.0 Å². The van der Waals surface area contributed by atoms with Gasteiger partial charge in [0.05, 0.1) is 7.11 Å². The van der Waals surface area contributed by atoms with Crippen molar-refractivity contribution in [2.24, 2.45) is 5.73 Å². The molecule has 0 aromatic carbocycles. The molecule has 1 atom stereocenters. The SMILES string of the molecule is CN.COS(=O)(=O)OC(C)O. The topological polar surface area (TPSA) is 98.9 Å². The van der Waals surface area contributed by atoms with Crippen LogP contribution in [-0.2, 0) is 18.8 Å². The molecule has 0 rings (SSSR count). The van der Waals surface area contributed by atoms with E-state index in [0.29, 0.717) is 0 Å². The number of hydrogen-bond acceptors (Lipinski definition) is 6. The molecule has 3 N–H and O–H groups in total. The van der Waals surface area contributed by atoms with E-state index in [-0.39, 0.29) is 0 Å². The van der Waals surface area contributed by atoms with Gasteiger partial charge in [-0.15, -0.1) is 0 Å². The molecular weight excluding hydrogens is 174 g/mol. The highest BCUT2D eigenvalue weighted by Gasteiger charge is 2.11. The Morgan fingerprint density at radius 3 is 1.91 bits per heavy atom. The maximum Gasteiger partial charge on any atom is 0.402 e. The molecule has 70 valence electrons. The van der Waals surface area contributed by atoms with Gasteiger partial charge in [0.25, 0.3) is 0 Å². The third-order valence-electron chi connectivity index (χ3n) is 0.461. The van der Waals surface area contributed by atoms with E-state index in [1.165, 1.54) is 7.05 Å². The Kier molecular flexibility index (Phi) is 7.91. The summed E-state index contributed by atoms with van der Waals surface area (Å²) in [6.07, 6.45) is -1.37. The molecule has 0 bridgehead atoms. The molecule has 7 heteroatoms. The van der Waals surface area contributed by atoms with Gasteiger partial charge in [0.2, 0.25) is 0 Å². The van der Waals surface area contributed by atoms with Crippen LogP contribution in [0, 0.1) is 0 Å². The van der Waals surface area contributed by atoms with Crippen molar-refractivity contribution >= 4 is 10.4 Å². The van der Waals surface area contributed by atoms with E-state index in [1.54, 1.807) is 0 Å². The molecular formula is C4H13NO5S. The van der Waals surface area contributed by atoms with E-state index in [2.05, 4.69) is 14.1 Å². The summed E-state index contributed by atoms with van der Waals surface area (Å²) >= 11 is 0. The lowest BCUT2D eigenvalue weighted by Crippen LogP contribution is -2.15. The molecule has 0 radical (unpaired) electrons. The predicted molar refractivity (Wildman–Crippen MR) is 38.8 cm³/mol. The van der Waals surface area contributed by atoms with Crippen LogP contribution < -0.4 is 5.73 Å². The highest BCUT2D eigenvalue weighted by molar-refractivity contribution is 7.81. The van der Waals surface area contributed by atoms with Crippen molar-refractivity contribution in [3.05, 3.63) is 0 Å². The van der Waals surface area contributed by atoms with E-state index in [4.69, 9.17) is 5.11 Å². The van der Waals surface area contributed by atoms with Crippen molar-refractivity contribution in [1.29, 1.82) is 0 Å². The number of aliphatic hydroxyl groups is 1. The van der Waals surface area contributed by atoms with Crippen molar-refractivity contribution in [2.75, 3.05) is 14.2 Å². The van der Waals surface area contributed by atoms with Crippen LogP contribution in [0.2, 0.25) is 0 Å². The standard InChI is InChI=1S/C3H8O5S.CH5N/c1-3(4)8-9(5,6)7-2;1-2/h3-4H,1-2H3;2H2,1H3. The molecule has 0 saturated carbocycles. The van der Waals surface area contributed by atoms with E-state index in [1.807, 2.05) is 0 Å². The van der Waals surface area contributed by atoms with E-state index in [9.17, 15) is 8.42 Å². The van der Waals surface area contributed by atoms with Crippen LogP contribution in [0.25, 0.3) is 0 Å². The Bertz CT molecular complexity index is 163. The van der Waals surface area contributed by atoms with E-state index in [0.717, 1.165) is 14.0 Å². The largest absolute Gasteiger partial charge is 0.402 e. The molecule has 0 fully saturated rings. The van der Waals surface area contributed by atoms with Gasteiger partial charge in [-0.2, -0.15) is 8.42 Å².